The third-order valence-corrected chi connectivity index (χ3v) is 2.98. The number of aliphatic carboxylic acids is 1. The van der Waals surface area contributed by atoms with E-state index in [2.05, 4.69) is 5.32 Å². The fraction of sp³-hybridized carbons (Fsp3) is 0.462. The van der Waals surface area contributed by atoms with Crippen LogP contribution in [0.3, 0.4) is 0 Å². The molecule has 0 bridgehead atoms. The Bertz CT molecular complexity index is 490. The van der Waals surface area contributed by atoms with Crippen LogP contribution in [0.5, 0.6) is 11.5 Å². The lowest BCUT2D eigenvalue weighted by molar-refractivity contribution is -0.139. The molecule has 0 amide bonds. The van der Waals surface area contributed by atoms with Gasteiger partial charge in [-0.3, -0.25) is 10.1 Å². The van der Waals surface area contributed by atoms with Crippen molar-refractivity contribution in [3.63, 3.8) is 0 Å². The number of halogens is 1. The molecule has 104 valence electrons. The zero-order valence-corrected chi connectivity index (χ0v) is 11.5. The molecule has 0 fully saturated rings. The van der Waals surface area contributed by atoms with Gasteiger partial charge in [0.1, 0.15) is 19.3 Å². The number of carboxylic acid groups (broad SMARTS) is 1. The molecule has 5 nitrogen and oxygen atoms in total. The van der Waals surface area contributed by atoms with Crippen LogP contribution in [0.2, 0.25) is 5.02 Å². The molecule has 0 radical (unpaired) electrons. The number of nitrogens with one attached hydrogen (secondary N) is 1. The van der Waals surface area contributed by atoms with E-state index < -0.39 is 12.0 Å². The van der Waals surface area contributed by atoms with E-state index in [1.54, 1.807) is 12.1 Å². The van der Waals surface area contributed by atoms with Gasteiger partial charge in [-0.25, -0.2) is 0 Å². The SMILES string of the molecule is CC(C)NC(C(=O)O)c1cc(Cl)c2c(c1)OCCO2. The topological polar surface area (TPSA) is 67.8 Å². The predicted molar refractivity (Wildman–Crippen MR) is 71.1 cm³/mol. The first kappa shape index (κ1) is 14.0. The first-order chi connectivity index (χ1) is 8.99. The van der Waals surface area contributed by atoms with Crippen molar-refractivity contribution in [2.75, 3.05) is 13.2 Å². The Morgan fingerprint density at radius 1 is 1.37 bits per heavy atom. The molecule has 1 atom stereocenters. The minimum Gasteiger partial charge on any atom is -0.486 e. The largest absolute Gasteiger partial charge is 0.486 e. The van der Waals surface area contributed by atoms with Crippen LogP contribution in [0.1, 0.15) is 25.5 Å². The van der Waals surface area contributed by atoms with Gasteiger partial charge < -0.3 is 14.6 Å². The van der Waals surface area contributed by atoms with Gasteiger partial charge in [0.05, 0.1) is 5.02 Å². The Morgan fingerprint density at radius 2 is 2.05 bits per heavy atom. The molecule has 0 aromatic heterocycles. The van der Waals surface area contributed by atoms with E-state index in [1.165, 1.54) is 0 Å². The smallest absolute Gasteiger partial charge is 0.325 e. The van der Waals surface area contributed by atoms with E-state index in [0.29, 0.717) is 35.3 Å². The van der Waals surface area contributed by atoms with E-state index in [4.69, 9.17) is 21.1 Å². The minimum atomic E-state index is -0.957. The lowest BCUT2D eigenvalue weighted by Crippen LogP contribution is -2.33. The molecule has 0 saturated carbocycles. The van der Waals surface area contributed by atoms with Crippen LogP contribution in [0.4, 0.5) is 0 Å². The molecule has 0 saturated heterocycles. The van der Waals surface area contributed by atoms with Crippen molar-refractivity contribution in [3.8, 4) is 11.5 Å². The highest BCUT2D eigenvalue weighted by Crippen LogP contribution is 2.39. The predicted octanol–water partition coefficient (Wildman–Crippen LogP) is 2.23. The number of carbonyl (C=O) groups is 1. The second kappa shape index (κ2) is 5.67. The van der Waals surface area contributed by atoms with Gasteiger partial charge in [0.2, 0.25) is 0 Å². The highest BCUT2D eigenvalue weighted by Gasteiger charge is 2.25. The van der Waals surface area contributed by atoms with Gasteiger partial charge in [-0.1, -0.05) is 11.6 Å². The molecule has 1 aromatic rings. The second-order valence-corrected chi connectivity index (χ2v) is 5.03. The van der Waals surface area contributed by atoms with E-state index in [0.717, 1.165) is 0 Å². The number of hydrogen-bond donors (Lipinski definition) is 2. The van der Waals surface area contributed by atoms with Crippen LogP contribution < -0.4 is 14.8 Å². The van der Waals surface area contributed by atoms with E-state index in [9.17, 15) is 9.90 Å². The summed E-state index contributed by atoms with van der Waals surface area (Å²) in [4.78, 5) is 11.3. The third-order valence-electron chi connectivity index (χ3n) is 2.70. The highest BCUT2D eigenvalue weighted by atomic mass is 35.5. The summed E-state index contributed by atoms with van der Waals surface area (Å²) >= 11 is 6.11. The van der Waals surface area contributed by atoms with Crippen LogP contribution in [0.15, 0.2) is 12.1 Å². The summed E-state index contributed by atoms with van der Waals surface area (Å²) in [7, 11) is 0. The lowest BCUT2D eigenvalue weighted by atomic mass is 10.1. The fourth-order valence-corrected chi connectivity index (χ4v) is 2.21. The summed E-state index contributed by atoms with van der Waals surface area (Å²) in [5.41, 5.74) is 0.551. The van der Waals surface area contributed by atoms with Crippen molar-refractivity contribution in [2.45, 2.75) is 25.9 Å². The molecule has 0 spiro atoms. The molecule has 0 aliphatic carbocycles. The van der Waals surface area contributed by atoms with Crippen molar-refractivity contribution >= 4 is 17.6 Å². The monoisotopic (exact) mass is 285 g/mol. The van der Waals surface area contributed by atoms with E-state index in [1.807, 2.05) is 13.8 Å². The molecule has 19 heavy (non-hydrogen) atoms. The van der Waals surface area contributed by atoms with Gasteiger partial charge in [-0.15, -0.1) is 0 Å². The summed E-state index contributed by atoms with van der Waals surface area (Å²) in [5.74, 6) is 0.0114. The van der Waals surface area contributed by atoms with Crippen LogP contribution in [0, 0.1) is 0 Å². The Balaban J connectivity index is 2.37. The van der Waals surface area contributed by atoms with Gasteiger partial charge in [-0.2, -0.15) is 0 Å². The van der Waals surface area contributed by atoms with Crippen molar-refractivity contribution in [1.29, 1.82) is 0 Å². The molecular formula is C13H16ClNO4. The van der Waals surface area contributed by atoms with Crippen molar-refractivity contribution in [3.05, 3.63) is 22.7 Å². The average molecular weight is 286 g/mol. The van der Waals surface area contributed by atoms with Gasteiger partial charge in [-0.05, 0) is 31.5 Å². The van der Waals surface area contributed by atoms with Crippen LogP contribution in [0.25, 0.3) is 0 Å². The summed E-state index contributed by atoms with van der Waals surface area (Å²) in [6.45, 7) is 4.64. The Labute approximate surface area is 116 Å². The molecule has 6 heteroatoms. The molecule has 1 unspecified atom stereocenters. The number of hydrogen-bond acceptors (Lipinski definition) is 4. The molecule has 1 aromatic carbocycles. The summed E-state index contributed by atoms with van der Waals surface area (Å²) < 4.78 is 10.9. The number of fused-ring (bicyclic) bond motifs is 1. The van der Waals surface area contributed by atoms with Gasteiger partial charge in [0, 0.05) is 6.04 Å². The Hall–Kier alpha value is -1.46. The quantitative estimate of drug-likeness (QED) is 0.888. The average Bonchev–Trinajstić information content (AvgIpc) is 2.35. The Morgan fingerprint density at radius 3 is 2.68 bits per heavy atom. The minimum absolute atomic E-state index is 0.0353. The second-order valence-electron chi connectivity index (χ2n) is 4.62. The maximum Gasteiger partial charge on any atom is 0.325 e. The van der Waals surface area contributed by atoms with E-state index in [-0.39, 0.29) is 6.04 Å². The first-order valence-electron chi connectivity index (χ1n) is 6.07. The normalized spacial score (nSPS) is 15.4. The maximum absolute atomic E-state index is 11.3. The van der Waals surface area contributed by atoms with Gasteiger partial charge >= 0.3 is 5.97 Å². The molecule has 1 aliphatic heterocycles. The maximum atomic E-state index is 11.3. The number of carboxylic acids is 1. The first-order valence-corrected chi connectivity index (χ1v) is 6.44. The Kier molecular flexibility index (Phi) is 4.17. The van der Waals surface area contributed by atoms with E-state index >= 15 is 0 Å². The lowest BCUT2D eigenvalue weighted by Gasteiger charge is -2.23. The van der Waals surface area contributed by atoms with Crippen molar-refractivity contribution < 1.29 is 19.4 Å². The third kappa shape index (κ3) is 3.11. The molecular weight excluding hydrogens is 270 g/mol. The van der Waals surface area contributed by atoms with Crippen LogP contribution >= 0.6 is 11.6 Å². The van der Waals surface area contributed by atoms with Gasteiger partial charge in [0.15, 0.2) is 11.5 Å². The molecule has 1 heterocycles. The summed E-state index contributed by atoms with van der Waals surface area (Å²) in [5, 5.41) is 12.6. The number of rotatable bonds is 4. The molecule has 2 rings (SSSR count). The van der Waals surface area contributed by atoms with Crippen molar-refractivity contribution in [2.24, 2.45) is 0 Å². The number of ether oxygens (including phenoxy) is 2. The van der Waals surface area contributed by atoms with Crippen LogP contribution in [-0.4, -0.2) is 30.3 Å². The highest BCUT2D eigenvalue weighted by molar-refractivity contribution is 6.32. The summed E-state index contributed by atoms with van der Waals surface area (Å²) in [6.07, 6.45) is 0. The number of benzene rings is 1. The summed E-state index contributed by atoms with van der Waals surface area (Å²) in [6, 6.07) is 2.47. The van der Waals surface area contributed by atoms with Gasteiger partial charge in [0.25, 0.3) is 0 Å². The van der Waals surface area contributed by atoms with Crippen molar-refractivity contribution in [1.82, 2.24) is 5.32 Å². The zero-order chi connectivity index (χ0) is 14.0. The fourth-order valence-electron chi connectivity index (χ4n) is 1.94. The zero-order valence-electron chi connectivity index (χ0n) is 10.8. The van der Waals surface area contributed by atoms with Crippen LogP contribution in [-0.2, 0) is 4.79 Å². The molecule has 2 N–H and O–H groups in total. The molecule has 1 aliphatic rings. The standard InChI is InChI=1S/C13H16ClNO4/c1-7(2)15-11(13(16)17)8-5-9(14)12-10(6-8)18-3-4-19-12/h5-7,11,15H,3-4H2,1-2H3,(H,16,17).